The van der Waals surface area contributed by atoms with Crippen LogP contribution >= 0.6 is 0 Å². The fourth-order valence-corrected chi connectivity index (χ4v) is 3.62. The molecule has 1 aromatic carbocycles. The first-order valence-electron chi connectivity index (χ1n) is 9.33. The molecule has 27 heavy (non-hydrogen) atoms. The zero-order valence-electron chi connectivity index (χ0n) is 15.7. The van der Waals surface area contributed by atoms with Gasteiger partial charge in [-0.3, -0.25) is 9.48 Å². The molecule has 0 saturated carbocycles. The molecule has 1 aliphatic rings. The summed E-state index contributed by atoms with van der Waals surface area (Å²) in [6.45, 7) is 3.70. The highest BCUT2D eigenvalue weighted by atomic mass is 16.3. The minimum absolute atomic E-state index is 0.0183. The molecule has 1 N–H and O–H groups in total. The van der Waals surface area contributed by atoms with Crippen LogP contribution in [0.15, 0.2) is 48.5 Å². The maximum absolute atomic E-state index is 13.1. The molecular weight excluding hydrogens is 340 g/mol. The Bertz CT molecular complexity index is 958. The van der Waals surface area contributed by atoms with Gasteiger partial charge in [-0.15, -0.1) is 0 Å². The van der Waals surface area contributed by atoms with Gasteiger partial charge in [-0.1, -0.05) is 37.3 Å². The van der Waals surface area contributed by atoms with Crippen LogP contribution in [-0.4, -0.2) is 36.8 Å². The van der Waals surface area contributed by atoms with E-state index in [9.17, 15) is 9.90 Å². The highest BCUT2D eigenvalue weighted by Crippen LogP contribution is 2.24. The minimum Gasteiger partial charge on any atom is -0.387 e. The first-order valence-corrected chi connectivity index (χ1v) is 9.33. The van der Waals surface area contributed by atoms with Gasteiger partial charge in [0.2, 0.25) is 0 Å². The molecule has 0 spiro atoms. The van der Waals surface area contributed by atoms with Crippen molar-refractivity contribution in [2.75, 3.05) is 6.54 Å². The first-order chi connectivity index (χ1) is 13.1. The second-order valence-electron chi connectivity index (χ2n) is 6.96. The number of carbonyl (C=O) groups is 1. The van der Waals surface area contributed by atoms with Crippen molar-refractivity contribution in [3.8, 4) is 11.3 Å². The number of amides is 1. The van der Waals surface area contributed by atoms with E-state index in [1.807, 2.05) is 76.7 Å². The Kier molecular flexibility index (Phi) is 4.58. The van der Waals surface area contributed by atoms with Crippen molar-refractivity contribution in [3.63, 3.8) is 0 Å². The van der Waals surface area contributed by atoms with Crippen molar-refractivity contribution in [2.24, 2.45) is 7.05 Å². The van der Waals surface area contributed by atoms with Gasteiger partial charge in [-0.25, -0.2) is 0 Å². The third kappa shape index (κ3) is 3.17. The Morgan fingerprint density at radius 2 is 1.96 bits per heavy atom. The first kappa shape index (κ1) is 17.5. The summed E-state index contributed by atoms with van der Waals surface area (Å²) in [5, 5.41) is 14.5. The summed E-state index contributed by atoms with van der Waals surface area (Å²) in [5.74, 6) is 0.0183. The van der Waals surface area contributed by atoms with E-state index in [-0.39, 0.29) is 5.91 Å². The normalized spacial score (nSPS) is 14.9. The molecule has 0 radical (unpaired) electrons. The Balaban J connectivity index is 1.56. The Morgan fingerprint density at radius 1 is 1.19 bits per heavy atom. The lowest BCUT2D eigenvalue weighted by Crippen LogP contribution is -2.39. The fourth-order valence-electron chi connectivity index (χ4n) is 3.62. The van der Waals surface area contributed by atoms with Crippen molar-refractivity contribution >= 4 is 5.91 Å². The highest BCUT2D eigenvalue weighted by molar-refractivity contribution is 5.94. The number of rotatable bonds is 4. The average molecular weight is 364 g/mol. The van der Waals surface area contributed by atoms with E-state index in [1.54, 1.807) is 0 Å². The van der Waals surface area contributed by atoms with E-state index in [0.29, 0.717) is 37.4 Å². The fraction of sp³-hybridized carbons (Fsp3) is 0.333. The SMILES string of the molecule is CC[C@H](O)c1cc2n(n1)CCN(C(=O)c1ccc(-c3ccccc3)n1C)C2. The van der Waals surface area contributed by atoms with Crippen molar-refractivity contribution < 1.29 is 9.90 Å². The molecule has 2 aromatic heterocycles. The monoisotopic (exact) mass is 364 g/mol. The zero-order valence-corrected chi connectivity index (χ0v) is 15.7. The molecule has 6 heteroatoms. The maximum Gasteiger partial charge on any atom is 0.270 e. The van der Waals surface area contributed by atoms with Gasteiger partial charge >= 0.3 is 0 Å². The van der Waals surface area contributed by atoms with Crippen molar-refractivity contribution in [1.29, 1.82) is 0 Å². The summed E-state index contributed by atoms with van der Waals surface area (Å²) < 4.78 is 3.86. The van der Waals surface area contributed by atoms with Gasteiger partial charge < -0.3 is 14.6 Å². The molecule has 0 saturated heterocycles. The molecular formula is C21H24N4O2. The van der Waals surface area contributed by atoms with E-state index in [1.165, 1.54) is 0 Å². The van der Waals surface area contributed by atoms with E-state index in [2.05, 4.69) is 5.10 Å². The van der Waals surface area contributed by atoms with Crippen LogP contribution in [-0.2, 0) is 20.1 Å². The summed E-state index contributed by atoms with van der Waals surface area (Å²) in [7, 11) is 1.93. The third-order valence-electron chi connectivity index (χ3n) is 5.24. The molecule has 6 nitrogen and oxygen atoms in total. The topological polar surface area (TPSA) is 63.3 Å². The lowest BCUT2D eigenvalue weighted by Gasteiger charge is -2.28. The molecule has 0 unspecified atom stereocenters. The summed E-state index contributed by atoms with van der Waals surface area (Å²) in [6.07, 6.45) is 0.0820. The van der Waals surface area contributed by atoms with E-state index < -0.39 is 6.10 Å². The summed E-state index contributed by atoms with van der Waals surface area (Å²) >= 11 is 0. The minimum atomic E-state index is -0.548. The van der Waals surface area contributed by atoms with Crippen LogP contribution in [0.3, 0.4) is 0 Å². The predicted octanol–water partition coefficient (Wildman–Crippen LogP) is 2.99. The molecule has 0 aliphatic carbocycles. The summed E-state index contributed by atoms with van der Waals surface area (Å²) in [4.78, 5) is 14.9. The molecule has 0 fully saturated rings. The predicted molar refractivity (Wildman–Crippen MR) is 103 cm³/mol. The van der Waals surface area contributed by atoms with Crippen molar-refractivity contribution in [3.05, 3.63) is 65.6 Å². The quantitative estimate of drug-likeness (QED) is 0.774. The number of benzene rings is 1. The third-order valence-corrected chi connectivity index (χ3v) is 5.24. The van der Waals surface area contributed by atoms with E-state index in [0.717, 1.165) is 17.0 Å². The molecule has 4 rings (SSSR count). The number of nitrogens with zero attached hydrogens (tertiary/aromatic N) is 4. The second kappa shape index (κ2) is 7.04. The largest absolute Gasteiger partial charge is 0.387 e. The van der Waals surface area contributed by atoms with Gasteiger partial charge in [0.25, 0.3) is 5.91 Å². The van der Waals surface area contributed by atoms with Crippen LogP contribution in [0.2, 0.25) is 0 Å². The van der Waals surface area contributed by atoms with Crippen LogP contribution in [0.1, 0.15) is 41.3 Å². The van der Waals surface area contributed by atoms with Gasteiger partial charge in [0.15, 0.2) is 0 Å². The van der Waals surface area contributed by atoms with Crippen LogP contribution < -0.4 is 0 Å². The van der Waals surface area contributed by atoms with Gasteiger partial charge in [-0.2, -0.15) is 5.10 Å². The average Bonchev–Trinajstić information content (AvgIpc) is 3.30. The standard InChI is InChI=1S/C21H24N4O2/c1-3-20(26)17-13-16-14-24(11-12-25(16)22-17)21(27)19-10-9-18(23(19)2)15-7-5-4-6-8-15/h4-10,13,20,26H,3,11-12,14H2,1-2H3/t20-/m0/s1. The number of aliphatic hydroxyl groups is 1. The lowest BCUT2D eigenvalue weighted by atomic mass is 10.2. The number of hydrogen-bond donors (Lipinski definition) is 1. The van der Waals surface area contributed by atoms with Crippen molar-refractivity contribution in [1.82, 2.24) is 19.2 Å². The van der Waals surface area contributed by atoms with Gasteiger partial charge in [0.1, 0.15) is 5.69 Å². The molecule has 3 aromatic rings. The Hall–Kier alpha value is -2.86. The molecule has 140 valence electrons. The van der Waals surface area contributed by atoms with Gasteiger partial charge in [0.05, 0.1) is 30.6 Å². The molecule has 1 aliphatic heterocycles. The highest BCUT2D eigenvalue weighted by Gasteiger charge is 2.26. The van der Waals surface area contributed by atoms with Crippen LogP contribution in [0.5, 0.6) is 0 Å². The molecule has 0 bridgehead atoms. The number of carbonyl (C=O) groups excluding carboxylic acids is 1. The Morgan fingerprint density at radius 3 is 2.70 bits per heavy atom. The number of fused-ring (bicyclic) bond motifs is 1. The van der Waals surface area contributed by atoms with Crippen LogP contribution in [0.4, 0.5) is 0 Å². The van der Waals surface area contributed by atoms with Crippen LogP contribution in [0, 0.1) is 0 Å². The zero-order chi connectivity index (χ0) is 19.0. The van der Waals surface area contributed by atoms with E-state index in [4.69, 9.17) is 0 Å². The second-order valence-corrected chi connectivity index (χ2v) is 6.96. The van der Waals surface area contributed by atoms with E-state index >= 15 is 0 Å². The molecule has 3 heterocycles. The smallest absolute Gasteiger partial charge is 0.270 e. The van der Waals surface area contributed by atoms with Crippen LogP contribution in [0.25, 0.3) is 11.3 Å². The summed E-state index contributed by atoms with van der Waals surface area (Å²) in [5.41, 5.74) is 4.44. The lowest BCUT2D eigenvalue weighted by molar-refractivity contribution is 0.0696. The molecule has 1 amide bonds. The maximum atomic E-state index is 13.1. The van der Waals surface area contributed by atoms with Gasteiger partial charge in [-0.05, 0) is 30.2 Å². The van der Waals surface area contributed by atoms with Gasteiger partial charge in [0, 0.05) is 19.3 Å². The number of aliphatic hydroxyl groups excluding tert-OH is 1. The molecule has 1 atom stereocenters. The number of hydrogen-bond acceptors (Lipinski definition) is 3. The summed E-state index contributed by atoms with van der Waals surface area (Å²) in [6, 6.07) is 15.9. The number of aromatic nitrogens is 3. The van der Waals surface area contributed by atoms with Crippen molar-refractivity contribution in [2.45, 2.75) is 32.5 Å². The Labute approximate surface area is 158 Å².